The van der Waals surface area contributed by atoms with Gasteiger partial charge in [-0.1, -0.05) is 0 Å². The first-order chi connectivity index (χ1) is 7.98. The number of hydrogen-bond donors (Lipinski definition) is 0. The van der Waals surface area contributed by atoms with E-state index in [1.807, 2.05) is 12.3 Å². The van der Waals surface area contributed by atoms with Gasteiger partial charge in [0.1, 0.15) is 5.82 Å². The quantitative estimate of drug-likeness (QED) is 0.795. The Morgan fingerprint density at radius 3 is 2.35 bits per heavy atom. The van der Waals surface area contributed by atoms with Crippen LogP contribution in [0.2, 0.25) is 0 Å². The number of aromatic nitrogens is 1. The van der Waals surface area contributed by atoms with Gasteiger partial charge in [0.25, 0.3) is 0 Å². The van der Waals surface area contributed by atoms with Crippen LogP contribution in [0.15, 0.2) is 22.8 Å². The van der Waals surface area contributed by atoms with Gasteiger partial charge in [0.05, 0.1) is 4.47 Å². The van der Waals surface area contributed by atoms with Crippen LogP contribution in [0.4, 0.5) is 5.82 Å². The van der Waals surface area contributed by atoms with Crippen LogP contribution in [0, 0.1) is 0 Å². The van der Waals surface area contributed by atoms with Gasteiger partial charge < -0.3 is 4.90 Å². The fraction of sp³-hybridized carbons (Fsp3) is 0.615. The summed E-state index contributed by atoms with van der Waals surface area (Å²) in [5.74, 6) is 1.07. The van der Waals surface area contributed by atoms with Gasteiger partial charge >= 0.3 is 0 Å². The van der Waals surface area contributed by atoms with Crippen LogP contribution in [0.5, 0.6) is 0 Å². The normalized spacial score (nSPS) is 18.5. The fourth-order valence-electron chi connectivity index (χ4n) is 2.20. The molecule has 1 saturated heterocycles. The van der Waals surface area contributed by atoms with Gasteiger partial charge in [-0.25, -0.2) is 4.98 Å². The molecular weight excluding hydrogens is 278 g/mol. The average molecular weight is 298 g/mol. The molecule has 0 atom stereocenters. The lowest BCUT2D eigenvalue weighted by Crippen LogP contribution is -2.53. The number of nitrogens with zero attached hydrogens (tertiary/aromatic N) is 3. The molecule has 4 heteroatoms. The zero-order chi connectivity index (χ0) is 12.5. The molecule has 0 aliphatic carbocycles. The van der Waals surface area contributed by atoms with Crippen molar-refractivity contribution in [3.8, 4) is 0 Å². The van der Waals surface area contributed by atoms with E-state index in [0.717, 1.165) is 36.5 Å². The lowest BCUT2D eigenvalue weighted by atomic mass is 10.1. The van der Waals surface area contributed by atoms with Crippen LogP contribution in [0.3, 0.4) is 0 Å². The smallest absolute Gasteiger partial charge is 0.142 e. The summed E-state index contributed by atoms with van der Waals surface area (Å²) in [6, 6.07) is 4.01. The molecule has 0 saturated carbocycles. The summed E-state index contributed by atoms with van der Waals surface area (Å²) in [6.07, 6.45) is 1.86. The van der Waals surface area contributed by atoms with E-state index in [1.54, 1.807) is 0 Å². The maximum atomic E-state index is 4.45. The third-order valence-electron chi connectivity index (χ3n) is 3.27. The first-order valence-electron chi connectivity index (χ1n) is 6.09. The zero-order valence-corrected chi connectivity index (χ0v) is 12.4. The molecule has 0 N–H and O–H groups in total. The van der Waals surface area contributed by atoms with E-state index in [2.05, 4.69) is 57.6 Å². The highest BCUT2D eigenvalue weighted by Gasteiger charge is 2.26. The number of hydrogen-bond acceptors (Lipinski definition) is 3. The molecule has 0 unspecified atom stereocenters. The fourth-order valence-corrected chi connectivity index (χ4v) is 2.70. The second-order valence-electron chi connectivity index (χ2n) is 5.45. The van der Waals surface area contributed by atoms with Gasteiger partial charge in [-0.15, -0.1) is 0 Å². The second-order valence-corrected chi connectivity index (χ2v) is 6.31. The molecule has 0 aromatic carbocycles. The topological polar surface area (TPSA) is 19.4 Å². The third kappa shape index (κ3) is 2.99. The molecule has 1 aliphatic heterocycles. The number of piperazine rings is 1. The van der Waals surface area contributed by atoms with Gasteiger partial charge in [0.2, 0.25) is 0 Å². The maximum absolute atomic E-state index is 4.45. The third-order valence-corrected chi connectivity index (χ3v) is 3.89. The molecule has 0 radical (unpaired) electrons. The Balaban J connectivity index is 2.03. The molecule has 2 heterocycles. The summed E-state index contributed by atoms with van der Waals surface area (Å²) in [4.78, 5) is 9.33. The Hall–Kier alpha value is -0.610. The van der Waals surface area contributed by atoms with Crippen molar-refractivity contribution in [2.45, 2.75) is 26.3 Å². The minimum Gasteiger partial charge on any atom is -0.353 e. The molecule has 94 valence electrons. The summed E-state index contributed by atoms with van der Waals surface area (Å²) in [5.41, 5.74) is 0.271. The predicted molar refractivity (Wildman–Crippen MR) is 75.5 cm³/mol. The van der Waals surface area contributed by atoms with Crippen LogP contribution in [0.25, 0.3) is 0 Å². The molecule has 1 aromatic rings. The summed E-state index contributed by atoms with van der Waals surface area (Å²) >= 11 is 3.57. The second kappa shape index (κ2) is 4.94. The monoisotopic (exact) mass is 297 g/mol. The summed E-state index contributed by atoms with van der Waals surface area (Å²) in [6.45, 7) is 11.1. The van der Waals surface area contributed by atoms with E-state index < -0.39 is 0 Å². The molecule has 3 nitrogen and oxygen atoms in total. The van der Waals surface area contributed by atoms with Crippen molar-refractivity contribution >= 4 is 21.7 Å². The number of halogens is 1. The maximum Gasteiger partial charge on any atom is 0.142 e. The zero-order valence-electron chi connectivity index (χ0n) is 10.8. The first kappa shape index (κ1) is 12.8. The van der Waals surface area contributed by atoms with Crippen LogP contribution in [-0.2, 0) is 0 Å². The molecule has 1 fully saturated rings. The van der Waals surface area contributed by atoms with Gasteiger partial charge in [-0.05, 0) is 48.8 Å². The number of pyridine rings is 1. The van der Waals surface area contributed by atoms with Crippen LogP contribution >= 0.6 is 15.9 Å². The van der Waals surface area contributed by atoms with Crippen molar-refractivity contribution in [1.29, 1.82) is 0 Å². The Morgan fingerprint density at radius 2 is 1.82 bits per heavy atom. The van der Waals surface area contributed by atoms with Crippen molar-refractivity contribution in [3.63, 3.8) is 0 Å². The Bertz CT molecular complexity index is 378. The van der Waals surface area contributed by atoms with Crippen molar-refractivity contribution < 1.29 is 0 Å². The highest BCUT2D eigenvalue weighted by molar-refractivity contribution is 9.10. The lowest BCUT2D eigenvalue weighted by molar-refractivity contribution is 0.128. The van der Waals surface area contributed by atoms with Gasteiger partial charge in [0, 0.05) is 37.9 Å². The van der Waals surface area contributed by atoms with E-state index in [0.29, 0.717) is 0 Å². The van der Waals surface area contributed by atoms with Gasteiger partial charge in [-0.3, -0.25) is 4.90 Å². The molecule has 1 aliphatic rings. The number of anilines is 1. The molecule has 1 aromatic heterocycles. The average Bonchev–Trinajstić information content (AvgIpc) is 2.29. The van der Waals surface area contributed by atoms with Crippen LogP contribution < -0.4 is 4.90 Å². The van der Waals surface area contributed by atoms with Gasteiger partial charge in [0.15, 0.2) is 0 Å². The van der Waals surface area contributed by atoms with Crippen LogP contribution in [0.1, 0.15) is 20.8 Å². The van der Waals surface area contributed by atoms with Crippen molar-refractivity contribution in [2.24, 2.45) is 0 Å². The molecule has 17 heavy (non-hydrogen) atoms. The highest BCUT2D eigenvalue weighted by atomic mass is 79.9. The minimum atomic E-state index is 0.271. The summed E-state index contributed by atoms with van der Waals surface area (Å²) in [5, 5.41) is 0. The highest BCUT2D eigenvalue weighted by Crippen LogP contribution is 2.25. The van der Waals surface area contributed by atoms with E-state index in [4.69, 9.17) is 0 Å². The standard InChI is InChI=1S/C13H20BrN3/c1-13(2,3)17-9-7-16(8-10-17)12-11(14)5-4-6-15-12/h4-6H,7-10H2,1-3H3. The van der Waals surface area contributed by atoms with Crippen LogP contribution in [-0.4, -0.2) is 41.6 Å². The van der Waals surface area contributed by atoms with Crippen molar-refractivity contribution in [2.75, 3.05) is 31.1 Å². The predicted octanol–water partition coefficient (Wildman–Crippen LogP) is 2.76. The summed E-state index contributed by atoms with van der Waals surface area (Å²) in [7, 11) is 0. The molecule has 0 amide bonds. The van der Waals surface area contributed by atoms with E-state index in [1.165, 1.54) is 0 Å². The largest absolute Gasteiger partial charge is 0.353 e. The summed E-state index contributed by atoms with van der Waals surface area (Å²) < 4.78 is 1.09. The molecule has 2 rings (SSSR count). The lowest BCUT2D eigenvalue weighted by Gasteiger charge is -2.42. The minimum absolute atomic E-state index is 0.271. The first-order valence-corrected chi connectivity index (χ1v) is 6.88. The molecule has 0 bridgehead atoms. The molecular formula is C13H20BrN3. The van der Waals surface area contributed by atoms with E-state index in [-0.39, 0.29) is 5.54 Å². The van der Waals surface area contributed by atoms with E-state index in [9.17, 15) is 0 Å². The van der Waals surface area contributed by atoms with Crippen molar-refractivity contribution in [3.05, 3.63) is 22.8 Å². The SMILES string of the molecule is CC(C)(C)N1CCN(c2ncccc2Br)CC1. The Kier molecular flexibility index (Phi) is 3.73. The Labute approximate surface area is 112 Å². The Morgan fingerprint density at radius 1 is 1.18 bits per heavy atom. The van der Waals surface area contributed by atoms with Crippen molar-refractivity contribution in [1.82, 2.24) is 9.88 Å². The van der Waals surface area contributed by atoms with E-state index >= 15 is 0 Å². The van der Waals surface area contributed by atoms with Gasteiger partial charge in [-0.2, -0.15) is 0 Å². The number of rotatable bonds is 1. The molecule has 0 spiro atoms.